The van der Waals surface area contributed by atoms with Gasteiger partial charge in [-0.25, -0.2) is 4.79 Å². The number of hydrogen-bond acceptors (Lipinski definition) is 8. The number of ketones is 1. The van der Waals surface area contributed by atoms with E-state index in [0.717, 1.165) is 4.57 Å². The lowest BCUT2D eigenvalue weighted by molar-refractivity contribution is -0.384. The predicted octanol–water partition coefficient (Wildman–Crippen LogP) is 0.0614. The molecule has 0 radical (unpaired) electrons. The van der Waals surface area contributed by atoms with Crippen LogP contribution in [0.25, 0.3) is 11.2 Å². The Bertz CT molecular complexity index is 1310. The second-order valence-corrected chi connectivity index (χ2v) is 7.21. The highest BCUT2D eigenvalue weighted by atomic mass is 16.6. The number of nitro benzene ring substituents is 1. The summed E-state index contributed by atoms with van der Waals surface area (Å²) in [6, 6.07) is 5.41. The van der Waals surface area contributed by atoms with Gasteiger partial charge in [-0.1, -0.05) is 12.1 Å². The van der Waals surface area contributed by atoms with E-state index in [2.05, 4.69) is 4.98 Å². The van der Waals surface area contributed by atoms with Crippen LogP contribution in [0, 0.1) is 10.1 Å². The van der Waals surface area contributed by atoms with E-state index in [0.29, 0.717) is 32.3 Å². The van der Waals surface area contributed by atoms with Crippen LogP contribution in [-0.2, 0) is 25.4 Å². The monoisotopic (exact) mass is 428 g/mol. The highest BCUT2D eigenvalue weighted by Crippen LogP contribution is 2.22. The van der Waals surface area contributed by atoms with Gasteiger partial charge in [-0.2, -0.15) is 4.98 Å². The van der Waals surface area contributed by atoms with Crippen LogP contribution in [-0.4, -0.2) is 55.7 Å². The van der Waals surface area contributed by atoms with E-state index >= 15 is 0 Å². The molecule has 2 aromatic heterocycles. The van der Waals surface area contributed by atoms with Crippen molar-refractivity contribution in [2.45, 2.75) is 6.54 Å². The van der Waals surface area contributed by atoms with E-state index in [9.17, 15) is 24.5 Å². The molecule has 1 aromatic carbocycles. The lowest BCUT2D eigenvalue weighted by Gasteiger charge is -2.28. The zero-order valence-corrected chi connectivity index (χ0v) is 17.0. The van der Waals surface area contributed by atoms with Gasteiger partial charge in [0.05, 0.1) is 24.7 Å². The molecule has 0 bridgehead atoms. The SMILES string of the molecule is Cn1c(=O)c2c(nc(N3CCOCC3)n2CC(=O)c2cccc([N+](=O)[O-])c2)n(C)c1=O. The Morgan fingerprint density at radius 1 is 1.19 bits per heavy atom. The van der Waals surface area contributed by atoms with Gasteiger partial charge in [0, 0.05) is 44.9 Å². The summed E-state index contributed by atoms with van der Waals surface area (Å²) < 4.78 is 9.07. The van der Waals surface area contributed by atoms with Crippen molar-refractivity contribution in [1.82, 2.24) is 18.7 Å². The number of nitrogens with zero attached hydrogens (tertiary/aromatic N) is 6. The predicted molar refractivity (Wildman–Crippen MR) is 111 cm³/mol. The number of non-ortho nitro benzene ring substituents is 1. The van der Waals surface area contributed by atoms with Crippen molar-refractivity contribution in [3.63, 3.8) is 0 Å². The molecule has 1 aliphatic rings. The minimum Gasteiger partial charge on any atom is -0.378 e. The summed E-state index contributed by atoms with van der Waals surface area (Å²) in [5, 5.41) is 11.1. The van der Waals surface area contributed by atoms with E-state index in [1.54, 1.807) is 0 Å². The fourth-order valence-electron chi connectivity index (χ4n) is 3.62. The van der Waals surface area contributed by atoms with Crippen molar-refractivity contribution in [2.75, 3.05) is 31.2 Å². The lowest BCUT2D eigenvalue weighted by Crippen LogP contribution is -2.39. The second-order valence-electron chi connectivity index (χ2n) is 7.21. The molecule has 1 saturated heterocycles. The van der Waals surface area contributed by atoms with Crippen LogP contribution in [0.5, 0.6) is 0 Å². The molecule has 0 spiro atoms. The number of carbonyl (C=O) groups is 1. The molecule has 12 nitrogen and oxygen atoms in total. The zero-order chi connectivity index (χ0) is 22.3. The average molecular weight is 428 g/mol. The fourth-order valence-corrected chi connectivity index (χ4v) is 3.62. The van der Waals surface area contributed by atoms with Crippen LogP contribution in [0.4, 0.5) is 11.6 Å². The molecular formula is C19H20N6O6. The van der Waals surface area contributed by atoms with Gasteiger partial charge < -0.3 is 9.64 Å². The van der Waals surface area contributed by atoms with E-state index in [4.69, 9.17) is 4.74 Å². The van der Waals surface area contributed by atoms with Gasteiger partial charge >= 0.3 is 5.69 Å². The number of ether oxygens (including phenoxy) is 1. The molecule has 0 atom stereocenters. The van der Waals surface area contributed by atoms with Crippen LogP contribution in [0.3, 0.4) is 0 Å². The number of fused-ring (bicyclic) bond motifs is 1. The number of Topliss-reactive ketones (excluding diaryl/α,β-unsaturated/α-hetero) is 1. The number of aromatic nitrogens is 4. The first-order valence-electron chi connectivity index (χ1n) is 9.56. The first-order chi connectivity index (χ1) is 14.8. The molecule has 0 unspecified atom stereocenters. The highest BCUT2D eigenvalue weighted by Gasteiger charge is 2.25. The van der Waals surface area contributed by atoms with E-state index < -0.39 is 22.0 Å². The minimum absolute atomic E-state index is 0.116. The molecule has 31 heavy (non-hydrogen) atoms. The first kappa shape index (κ1) is 20.5. The maximum atomic E-state index is 13.0. The quantitative estimate of drug-likeness (QED) is 0.316. The maximum Gasteiger partial charge on any atom is 0.332 e. The first-order valence-corrected chi connectivity index (χ1v) is 9.56. The van der Waals surface area contributed by atoms with Crippen molar-refractivity contribution >= 4 is 28.6 Å². The van der Waals surface area contributed by atoms with Crippen LogP contribution >= 0.6 is 0 Å². The smallest absolute Gasteiger partial charge is 0.332 e. The van der Waals surface area contributed by atoms with Gasteiger partial charge in [-0.3, -0.25) is 33.4 Å². The van der Waals surface area contributed by atoms with Gasteiger partial charge in [-0.05, 0) is 0 Å². The van der Waals surface area contributed by atoms with Gasteiger partial charge in [-0.15, -0.1) is 0 Å². The van der Waals surface area contributed by atoms with Crippen LogP contribution in [0.1, 0.15) is 10.4 Å². The Hall–Kier alpha value is -3.80. The third kappa shape index (κ3) is 3.50. The van der Waals surface area contributed by atoms with Gasteiger partial charge in [0.25, 0.3) is 11.2 Å². The normalized spacial score (nSPS) is 14.2. The molecule has 0 N–H and O–H groups in total. The van der Waals surface area contributed by atoms with E-state index in [1.807, 2.05) is 4.90 Å². The molecular weight excluding hydrogens is 408 g/mol. The summed E-state index contributed by atoms with van der Waals surface area (Å²) in [7, 11) is 2.87. The van der Waals surface area contributed by atoms with Gasteiger partial charge in [0.1, 0.15) is 0 Å². The van der Waals surface area contributed by atoms with Crippen molar-refractivity contribution in [2.24, 2.45) is 14.1 Å². The molecule has 3 heterocycles. The van der Waals surface area contributed by atoms with Crippen molar-refractivity contribution in [3.05, 3.63) is 60.8 Å². The standard InChI is InChI=1S/C19H20N6O6/c1-21-16-15(17(27)22(2)19(21)28)24(18(20-16)23-6-8-31-9-7-23)11-14(26)12-4-3-5-13(10-12)25(29)30/h3-5,10H,6-9,11H2,1-2H3. The number of carbonyl (C=O) groups excluding carboxylic acids is 1. The average Bonchev–Trinajstić information content (AvgIpc) is 3.16. The summed E-state index contributed by atoms with van der Waals surface area (Å²) in [6.45, 7) is 1.65. The Labute approximate surface area is 175 Å². The number of imidazole rings is 1. The molecule has 3 aromatic rings. The summed E-state index contributed by atoms with van der Waals surface area (Å²) >= 11 is 0. The summed E-state index contributed by atoms with van der Waals surface area (Å²) in [5.74, 6) is -0.0520. The molecule has 12 heteroatoms. The van der Waals surface area contributed by atoms with Gasteiger partial charge in [0.15, 0.2) is 16.9 Å². The highest BCUT2D eigenvalue weighted by molar-refractivity contribution is 5.97. The Balaban J connectivity index is 1.88. The van der Waals surface area contributed by atoms with Crippen molar-refractivity contribution in [3.8, 4) is 0 Å². The van der Waals surface area contributed by atoms with Gasteiger partial charge in [0.2, 0.25) is 5.95 Å². The fraction of sp³-hybridized carbons (Fsp3) is 0.368. The molecule has 1 fully saturated rings. The number of aryl methyl sites for hydroxylation is 1. The molecule has 0 aliphatic carbocycles. The lowest BCUT2D eigenvalue weighted by atomic mass is 10.1. The number of anilines is 1. The summed E-state index contributed by atoms with van der Waals surface area (Å²) in [5.41, 5.74) is -0.873. The number of hydrogen-bond donors (Lipinski definition) is 0. The van der Waals surface area contributed by atoms with Crippen molar-refractivity contribution < 1.29 is 14.5 Å². The Morgan fingerprint density at radius 2 is 1.90 bits per heavy atom. The van der Waals surface area contributed by atoms with E-state index in [1.165, 1.54) is 47.5 Å². The number of nitro groups is 1. The third-order valence-corrected chi connectivity index (χ3v) is 5.30. The molecule has 1 aliphatic heterocycles. The largest absolute Gasteiger partial charge is 0.378 e. The zero-order valence-electron chi connectivity index (χ0n) is 17.0. The Kier molecular flexibility index (Phi) is 5.15. The Morgan fingerprint density at radius 3 is 2.58 bits per heavy atom. The second kappa shape index (κ2) is 7.80. The third-order valence-electron chi connectivity index (χ3n) is 5.30. The molecule has 4 rings (SSSR count). The maximum absolute atomic E-state index is 13.0. The summed E-state index contributed by atoms with van der Waals surface area (Å²) in [6.07, 6.45) is 0. The summed E-state index contributed by atoms with van der Waals surface area (Å²) in [4.78, 5) is 55.2. The van der Waals surface area contributed by atoms with Crippen molar-refractivity contribution in [1.29, 1.82) is 0 Å². The molecule has 0 amide bonds. The minimum atomic E-state index is -0.575. The van der Waals surface area contributed by atoms with E-state index in [-0.39, 0.29) is 29.0 Å². The topological polar surface area (TPSA) is 134 Å². The molecule has 0 saturated carbocycles. The van der Waals surface area contributed by atoms with Crippen LogP contribution in [0.15, 0.2) is 33.9 Å². The number of rotatable bonds is 5. The molecule has 162 valence electrons. The number of morpholine rings is 1. The number of benzene rings is 1. The van der Waals surface area contributed by atoms with Crippen LogP contribution in [0.2, 0.25) is 0 Å². The van der Waals surface area contributed by atoms with Crippen LogP contribution < -0.4 is 16.1 Å².